The minimum absolute atomic E-state index is 0.0794. The molecule has 0 saturated carbocycles. The maximum absolute atomic E-state index is 13.1. The van der Waals surface area contributed by atoms with Crippen LogP contribution in [0.4, 0.5) is 13.2 Å². The summed E-state index contributed by atoms with van der Waals surface area (Å²) in [5, 5.41) is 2.84. The van der Waals surface area contributed by atoms with Gasteiger partial charge in [-0.1, -0.05) is 32.8 Å². The van der Waals surface area contributed by atoms with Gasteiger partial charge in [0, 0.05) is 6.54 Å². The molecule has 1 aromatic carbocycles. The molecule has 0 aliphatic rings. The van der Waals surface area contributed by atoms with Crippen LogP contribution in [0.15, 0.2) is 18.2 Å². The highest BCUT2D eigenvalue weighted by molar-refractivity contribution is 5.39. The summed E-state index contributed by atoms with van der Waals surface area (Å²) in [5.74, 6) is 0.206. The van der Waals surface area contributed by atoms with Crippen LogP contribution < -0.4 is 10.1 Å². The van der Waals surface area contributed by atoms with Crippen LogP contribution in [0.2, 0.25) is 0 Å². The van der Waals surface area contributed by atoms with E-state index in [1.165, 1.54) is 6.07 Å². The second-order valence-electron chi connectivity index (χ2n) is 4.85. The Morgan fingerprint density at radius 1 is 1.20 bits per heavy atom. The van der Waals surface area contributed by atoms with Crippen molar-refractivity contribution < 1.29 is 17.9 Å². The fraction of sp³-hybridized carbons (Fsp3) is 0.600. The third-order valence-electron chi connectivity index (χ3n) is 3.36. The third-order valence-corrected chi connectivity index (χ3v) is 3.36. The molecule has 20 heavy (non-hydrogen) atoms. The first-order chi connectivity index (χ1) is 9.42. The van der Waals surface area contributed by atoms with Gasteiger partial charge < -0.3 is 10.1 Å². The Labute approximate surface area is 118 Å². The van der Waals surface area contributed by atoms with E-state index in [4.69, 9.17) is 4.74 Å². The highest BCUT2D eigenvalue weighted by atomic mass is 19.4. The van der Waals surface area contributed by atoms with E-state index in [0.29, 0.717) is 18.7 Å². The zero-order valence-corrected chi connectivity index (χ0v) is 12.2. The Morgan fingerprint density at radius 3 is 2.35 bits per heavy atom. The van der Waals surface area contributed by atoms with E-state index >= 15 is 0 Å². The van der Waals surface area contributed by atoms with Crippen LogP contribution in [-0.2, 0) is 12.7 Å². The van der Waals surface area contributed by atoms with Crippen LogP contribution >= 0.6 is 0 Å². The van der Waals surface area contributed by atoms with Crippen LogP contribution in [0, 0.1) is 5.92 Å². The molecule has 0 saturated heterocycles. The van der Waals surface area contributed by atoms with Crippen molar-refractivity contribution in [2.24, 2.45) is 5.92 Å². The van der Waals surface area contributed by atoms with Gasteiger partial charge in [-0.3, -0.25) is 0 Å². The average molecular weight is 289 g/mol. The number of nitrogens with one attached hydrogen (secondary N) is 1. The van der Waals surface area contributed by atoms with Crippen LogP contribution in [-0.4, -0.2) is 13.7 Å². The quantitative estimate of drug-likeness (QED) is 0.810. The average Bonchev–Trinajstić information content (AvgIpc) is 2.40. The lowest BCUT2D eigenvalue weighted by molar-refractivity contribution is -0.139. The number of hydrogen-bond donors (Lipinski definition) is 1. The second kappa shape index (κ2) is 7.53. The minimum atomic E-state index is -4.40. The number of hydrogen-bond acceptors (Lipinski definition) is 2. The summed E-state index contributed by atoms with van der Waals surface area (Å²) in [6, 6.07) is 4.23. The lowest BCUT2D eigenvalue weighted by Crippen LogP contribution is -2.15. The maximum atomic E-state index is 13.1. The molecule has 0 aliphatic heterocycles. The number of halogens is 3. The molecule has 0 radical (unpaired) electrons. The van der Waals surface area contributed by atoms with Crippen molar-refractivity contribution in [1.82, 2.24) is 5.32 Å². The van der Waals surface area contributed by atoms with Gasteiger partial charge >= 0.3 is 6.18 Å². The SMILES string of the molecule is CCC(CC)COc1ccc(CNC)cc1C(F)(F)F. The summed E-state index contributed by atoms with van der Waals surface area (Å²) in [6.45, 7) is 4.74. The van der Waals surface area contributed by atoms with Crippen LogP contribution in [0.3, 0.4) is 0 Å². The molecular weight excluding hydrogens is 267 g/mol. The van der Waals surface area contributed by atoms with Gasteiger partial charge in [0.2, 0.25) is 0 Å². The van der Waals surface area contributed by atoms with Gasteiger partial charge in [0.05, 0.1) is 12.2 Å². The summed E-state index contributed by atoms with van der Waals surface area (Å²) < 4.78 is 44.6. The van der Waals surface area contributed by atoms with E-state index in [1.807, 2.05) is 13.8 Å². The van der Waals surface area contributed by atoms with E-state index in [2.05, 4.69) is 5.32 Å². The molecule has 0 bridgehead atoms. The van der Waals surface area contributed by atoms with Crippen molar-refractivity contribution in [1.29, 1.82) is 0 Å². The molecule has 2 nitrogen and oxygen atoms in total. The molecule has 0 amide bonds. The van der Waals surface area contributed by atoms with Gasteiger partial charge in [-0.15, -0.1) is 0 Å². The minimum Gasteiger partial charge on any atom is -0.493 e. The number of benzene rings is 1. The molecule has 1 N–H and O–H groups in total. The van der Waals surface area contributed by atoms with Crippen molar-refractivity contribution in [3.63, 3.8) is 0 Å². The van der Waals surface area contributed by atoms with Gasteiger partial charge in [0.15, 0.2) is 0 Å². The van der Waals surface area contributed by atoms with Crippen LogP contribution in [0.25, 0.3) is 0 Å². The maximum Gasteiger partial charge on any atom is 0.419 e. The van der Waals surface area contributed by atoms with Gasteiger partial charge in [0.25, 0.3) is 0 Å². The first-order valence-electron chi connectivity index (χ1n) is 6.89. The molecule has 0 fully saturated rings. The van der Waals surface area contributed by atoms with Crippen molar-refractivity contribution in [2.45, 2.75) is 39.4 Å². The predicted molar refractivity (Wildman–Crippen MR) is 73.8 cm³/mol. The fourth-order valence-corrected chi connectivity index (χ4v) is 1.97. The standard InChI is InChI=1S/C15H22F3NO/c1-4-11(5-2)10-20-14-7-6-12(9-19-3)8-13(14)15(16,17)18/h6-8,11,19H,4-5,9-10H2,1-3H3. The number of rotatable bonds is 7. The summed E-state index contributed by atoms with van der Waals surface area (Å²) in [7, 11) is 1.70. The summed E-state index contributed by atoms with van der Waals surface area (Å²) in [4.78, 5) is 0. The Bertz CT molecular complexity index is 414. The number of ether oxygens (including phenoxy) is 1. The van der Waals surface area contributed by atoms with Gasteiger partial charge in [-0.05, 0) is 30.7 Å². The Hall–Kier alpha value is -1.23. The number of alkyl halides is 3. The molecule has 114 valence electrons. The molecule has 0 atom stereocenters. The van der Waals surface area contributed by atoms with E-state index < -0.39 is 11.7 Å². The summed E-state index contributed by atoms with van der Waals surface area (Å²) in [6.07, 6.45) is -2.60. The zero-order valence-electron chi connectivity index (χ0n) is 12.2. The summed E-state index contributed by atoms with van der Waals surface area (Å²) >= 11 is 0. The third kappa shape index (κ3) is 4.71. The highest BCUT2D eigenvalue weighted by Crippen LogP contribution is 2.37. The Balaban J connectivity index is 2.94. The first-order valence-corrected chi connectivity index (χ1v) is 6.89. The molecule has 0 aliphatic carbocycles. The van der Waals surface area contributed by atoms with E-state index in [0.717, 1.165) is 18.9 Å². The van der Waals surface area contributed by atoms with E-state index in [1.54, 1.807) is 13.1 Å². The van der Waals surface area contributed by atoms with Crippen molar-refractivity contribution in [2.75, 3.05) is 13.7 Å². The zero-order chi connectivity index (χ0) is 15.2. The monoisotopic (exact) mass is 289 g/mol. The van der Waals surface area contributed by atoms with Crippen LogP contribution in [0.5, 0.6) is 5.75 Å². The molecule has 5 heteroatoms. The molecule has 0 spiro atoms. The van der Waals surface area contributed by atoms with Gasteiger partial charge in [-0.2, -0.15) is 13.2 Å². The largest absolute Gasteiger partial charge is 0.493 e. The molecule has 0 unspecified atom stereocenters. The smallest absolute Gasteiger partial charge is 0.419 e. The van der Waals surface area contributed by atoms with Crippen LogP contribution in [0.1, 0.15) is 37.8 Å². The Morgan fingerprint density at radius 2 is 1.85 bits per heavy atom. The summed E-state index contributed by atoms with van der Waals surface area (Å²) in [5.41, 5.74) is -0.106. The second-order valence-corrected chi connectivity index (χ2v) is 4.85. The van der Waals surface area contributed by atoms with Crippen molar-refractivity contribution in [3.8, 4) is 5.75 Å². The predicted octanol–water partition coefficient (Wildman–Crippen LogP) is 4.24. The van der Waals surface area contributed by atoms with Gasteiger partial charge in [-0.25, -0.2) is 0 Å². The van der Waals surface area contributed by atoms with Gasteiger partial charge in [0.1, 0.15) is 5.75 Å². The molecule has 1 aromatic rings. The molecule has 1 rings (SSSR count). The fourth-order valence-electron chi connectivity index (χ4n) is 1.97. The highest BCUT2D eigenvalue weighted by Gasteiger charge is 2.34. The topological polar surface area (TPSA) is 21.3 Å². The molecular formula is C15H22F3NO. The Kier molecular flexibility index (Phi) is 6.33. The first kappa shape index (κ1) is 16.8. The molecule has 0 aromatic heterocycles. The molecule has 0 heterocycles. The lowest BCUT2D eigenvalue weighted by atomic mass is 10.0. The van der Waals surface area contributed by atoms with Crippen molar-refractivity contribution >= 4 is 0 Å². The normalized spacial score (nSPS) is 11.9. The van der Waals surface area contributed by atoms with E-state index in [9.17, 15) is 13.2 Å². The van der Waals surface area contributed by atoms with Crippen molar-refractivity contribution in [3.05, 3.63) is 29.3 Å². The lowest BCUT2D eigenvalue weighted by Gasteiger charge is -2.18. The van der Waals surface area contributed by atoms with E-state index in [-0.39, 0.29) is 11.7 Å².